The number of nitro groups is 1. The largest absolute Gasteiger partial charge is 0.493 e. The van der Waals surface area contributed by atoms with Gasteiger partial charge in [-0.1, -0.05) is 6.07 Å². The summed E-state index contributed by atoms with van der Waals surface area (Å²) in [5.41, 5.74) is 6.74. The van der Waals surface area contributed by atoms with Gasteiger partial charge in [-0.05, 0) is 23.8 Å². The third-order valence-electron chi connectivity index (χ3n) is 4.27. The molecule has 0 atom stereocenters. The number of ether oxygens (including phenoxy) is 2. The molecule has 10 nitrogen and oxygen atoms in total. The minimum atomic E-state index is -0.576. The molecule has 29 heavy (non-hydrogen) atoms. The van der Waals surface area contributed by atoms with Gasteiger partial charge in [0, 0.05) is 25.2 Å². The van der Waals surface area contributed by atoms with Crippen LogP contribution in [0.2, 0.25) is 0 Å². The molecule has 0 unspecified atom stereocenters. The Bertz CT molecular complexity index is 874. The Balaban J connectivity index is 2.28. The Hall–Kier alpha value is -3.37. The molecule has 2 aromatic carbocycles. The van der Waals surface area contributed by atoms with E-state index in [2.05, 4.69) is 5.32 Å². The van der Waals surface area contributed by atoms with E-state index in [1.807, 2.05) is 0 Å². The van der Waals surface area contributed by atoms with Gasteiger partial charge in [0.15, 0.2) is 11.5 Å². The van der Waals surface area contributed by atoms with E-state index in [0.717, 1.165) is 5.56 Å². The standard InChI is InChI=1S/C19H24N4O6/c1-28-17-6-3-13(9-18(17)29-2)11-21-19(25)15-10-14(23(26)27)4-5-16(15)22(12-20)7-8-24/h3-6,9-10,24H,7-8,11-12,20H2,1-2H3,(H,21,25). The zero-order valence-corrected chi connectivity index (χ0v) is 16.3. The number of carbonyl (C=O) groups excluding carboxylic acids is 1. The molecule has 156 valence electrons. The zero-order valence-electron chi connectivity index (χ0n) is 16.3. The minimum absolute atomic E-state index is 0.0360. The number of non-ortho nitro benzene ring substituents is 1. The molecule has 10 heteroatoms. The van der Waals surface area contributed by atoms with Gasteiger partial charge in [-0.25, -0.2) is 0 Å². The van der Waals surface area contributed by atoms with Crippen LogP contribution >= 0.6 is 0 Å². The number of nitrogens with one attached hydrogen (secondary N) is 1. The third-order valence-corrected chi connectivity index (χ3v) is 4.27. The number of aliphatic hydroxyl groups excluding tert-OH is 1. The van der Waals surface area contributed by atoms with Gasteiger partial charge < -0.3 is 30.5 Å². The van der Waals surface area contributed by atoms with Crippen molar-refractivity contribution < 1.29 is 24.3 Å². The molecule has 4 N–H and O–H groups in total. The molecular weight excluding hydrogens is 380 g/mol. The maximum atomic E-state index is 12.8. The summed E-state index contributed by atoms with van der Waals surface area (Å²) in [4.78, 5) is 24.9. The first-order chi connectivity index (χ1) is 13.9. The van der Waals surface area contributed by atoms with Crippen LogP contribution in [0.3, 0.4) is 0 Å². The number of anilines is 1. The van der Waals surface area contributed by atoms with E-state index < -0.39 is 10.8 Å². The summed E-state index contributed by atoms with van der Waals surface area (Å²) in [7, 11) is 3.04. The fourth-order valence-electron chi connectivity index (χ4n) is 2.79. The number of hydrogen-bond acceptors (Lipinski definition) is 8. The van der Waals surface area contributed by atoms with Gasteiger partial charge >= 0.3 is 0 Å². The highest BCUT2D eigenvalue weighted by Gasteiger charge is 2.20. The van der Waals surface area contributed by atoms with Crippen LogP contribution in [0.5, 0.6) is 11.5 Å². The SMILES string of the molecule is COc1ccc(CNC(=O)c2cc([N+](=O)[O-])ccc2N(CN)CCO)cc1OC. The van der Waals surface area contributed by atoms with Gasteiger partial charge in [-0.3, -0.25) is 14.9 Å². The second-order valence-corrected chi connectivity index (χ2v) is 6.00. The Labute approximate surface area is 168 Å². The molecule has 2 rings (SSSR count). The van der Waals surface area contributed by atoms with Crippen molar-refractivity contribution in [3.05, 3.63) is 57.6 Å². The number of nitrogens with zero attached hydrogens (tertiary/aromatic N) is 2. The summed E-state index contributed by atoms with van der Waals surface area (Å²) in [6, 6.07) is 9.15. The number of amides is 1. The lowest BCUT2D eigenvalue weighted by Gasteiger charge is -2.24. The lowest BCUT2D eigenvalue weighted by Crippen LogP contribution is -2.35. The molecule has 1 amide bonds. The number of hydrogen-bond donors (Lipinski definition) is 3. The summed E-state index contributed by atoms with van der Waals surface area (Å²) in [5.74, 6) is 0.577. The topological polar surface area (TPSA) is 140 Å². The predicted octanol–water partition coefficient (Wildman–Crippen LogP) is 1.26. The van der Waals surface area contributed by atoms with E-state index in [-0.39, 0.29) is 37.6 Å². The van der Waals surface area contributed by atoms with Crippen molar-refractivity contribution in [3.63, 3.8) is 0 Å². The Morgan fingerprint density at radius 2 is 1.93 bits per heavy atom. The van der Waals surface area contributed by atoms with Gasteiger partial charge in [0.1, 0.15) is 0 Å². The van der Waals surface area contributed by atoms with Crippen molar-refractivity contribution in [2.24, 2.45) is 5.73 Å². The van der Waals surface area contributed by atoms with Crippen molar-refractivity contribution >= 4 is 17.3 Å². The van der Waals surface area contributed by atoms with E-state index in [0.29, 0.717) is 17.2 Å². The normalized spacial score (nSPS) is 10.3. The molecule has 0 saturated heterocycles. The van der Waals surface area contributed by atoms with E-state index in [4.69, 9.17) is 15.2 Å². The molecule has 0 radical (unpaired) electrons. The molecule has 2 aromatic rings. The highest BCUT2D eigenvalue weighted by molar-refractivity contribution is 6.00. The van der Waals surface area contributed by atoms with Crippen molar-refractivity contribution in [3.8, 4) is 11.5 Å². The van der Waals surface area contributed by atoms with Crippen molar-refractivity contribution in [2.45, 2.75) is 6.54 Å². The number of methoxy groups -OCH3 is 2. The molecule has 0 fully saturated rings. The molecule has 0 spiro atoms. The number of rotatable bonds is 10. The quantitative estimate of drug-likeness (QED) is 0.305. The average Bonchev–Trinajstić information content (AvgIpc) is 2.75. The summed E-state index contributed by atoms with van der Waals surface area (Å²) < 4.78 is 10.4. The molecule has 0 heterocycles. The van der Waals surface area contributed by atoms with Crippen LogP contribution in [0.4, 0.5) is 11.4 Å². The second kappa shape index (κ2) is 10.2. The predicted molar refractivity (Wildman–Crippen MR) is 107 cm³/mol. The molecule has 0 aromatic heterocycles. The van der Waals surface area contributed by atoms with E-state index >= 15 is 0 Å². The lowest BCUT2D eigenvalue weighted by molar-refractivity contribution is -0.384. The maximum Gasteiger partial charge on any atom is 0.270 e. The number of nitro benzene ring substituents is 1. The molecular formula is C19H24N4O6. The van der Waals surface area contributed by atoms with Crippen LogP contribution < -0.4 is 25.4 Å². The number of benzene rings is 2. The average molecular weight is 404 g/mol. The number of nitrogens with two attached hydrogens (primary N) is 1. The fraction of sp³-hybridized carbons (Fsp3) is 0.316. The maximum absolute atomic E-state index is 12.8. The minimum Gasteiger partial charge on any atom is -0.493 e. The van der Waals surface area contributed by atoms with Gasteiger partial charge in [0.05, 0.1) is 43.7 Å². The third kappa shape index (κ3) is 5.33. The number of carbonyl (C=O) groups is 1. The fourth-order valence-corrected chi connectivity index (χ4v) is 2.79. The highest BCUT2D eigenvalue weighted by Crippen LogP contribution is 2.28. The first kappa shape index (κ1) is 21.9. The summed E-state index contributed by atoms with van der Waals surface area (Å²) >= 11 is 0. The molecule has 0 aliphatic carbocycles. The first-order valence-electron chi connectivity index (χ1n) is 8.78. The first-order valence-corrected chi connectivity index (χ1v) is 8.78. The molecule has 0 saturated carbocycles. The monoisotopic (exact) mass is 404 g/mol. The summed E-state index contributed by atoms with van der Waals surface area (Å²) in [6.07, 6.45) is 0. The van der Waals surface area contributed by atoms with Crippen LogP contribution in [0, 0.1) is 10.1 Å². The summed E-state index contributed by atoms with van der Waals surface area (Å²) in [6.45, 7) is 0.212. The smallest absolute Gasteiger partial charge is 0.270 e. The van der Waals surface area contributed by atoms with Crippen LogP contribution in [0.25, 0.3) is 0 Å². The van der Waals surface area contributed by atoms with Gasteiger partial charge in [0.2, 0.25) is 0 Å². The van der Waals surface area contributed by atoms with E-state index in [1.165, 1.54) is 32.4 Å². The van der Waals surface area contributed by atoms with Gasteiger partial charge in [-0.15, -0.1) is 0 Å². The van der Waals surface area contributed by atoms with E-state index in [1.54, 1.807) is 23.1 Å². The Morgan fingerprint density at radius 1 is 1.21 bits per heavy atom. The van der Waals surface area contributed by atoms with Crippen LogP contribution in [0.1, 0.15) is 15.9 Å². The zero-order chi connectivity index (χ0) is 21.4. The van der Waals surface area contributed by atoms with Gasteiger partial charge in [-0.2, -0.15) is 0 Å². The number of aliphatic hydroxyl groups is 1. The van der Waals surface area contributed by atoms with Crippen molar-refractivity contribution in [2.75, 3.05) is 38.9 Å². The molecule has 0 bridgehead atoms. The van der Waals surface area contributed by atoms with Crippen LogP contribution in [-0.4, -0.2) is 50.0 Å². The highest BCUT2D eigenvalue weighted by atomic mass is 16.6. The molecule has 0 aliphatic rings. The second-order valence-electron chi connectivity index (χ2n) is 6.00. The van der Waals surface area contributed by atoms with E-state index in [9.17, 15) is 20.0 Å². The van der Waals surface area contributed by atoms with Crippen LogP contribution in [0.15, 0.2) is 36.4 Å². The Morgan fingerprint density at radius 3 is 2.52 bits per heavy atom. The Kier molecular flexibility index (Phi) is 7.75. The van der Waals surface area contributed by atoms with Gasteiger partial charge in [0.25, 0.3) is 11.6 Å². The summed E-state index contributed by atoms with van der Waals surface area (Å²) in [5, 5.41) is 23.1. The van der Waals surface area contributed by atoms with Crippen LogP contribution in [-0.2, 0) is 6.54 Å². The lowest BCUT2D eigenvalue weighted by atomic mass is 10.1. The van der Waals surface area contributed by atoms with Crippen molar-refractivity contribution in [1.29, 1.82) is 0 Å². The van der Waals surface area contributed by atoms with Crippen molar-refractivity contribution in [1.82, 2.24) is 5.32 Å². The molecule has 0 aliphatic heterocycles.